The molecule has 2 aromatic carbocycles. The fourth-order valence-electron chi connectivity index (χ4n) is 2.07. The molecule has 2 nitrogen and oxygen atoms in total. The zero-order valence-electron chi connectivity index (χ0n) is 9.78. The summed E-state index contributed by atoms with van der Waals surface area (Å²) >= 11 is 5.86. The van der Waals surface area contributed by atoms with E-state index in [-0.39, 0.29) is 0 Å². The highest BCUT2D eigenvalue weighted by Crippen LogP contribution is 2.19. The second kappa shape index (κ2) is 4.75. The average Bonchev–Trinajstić information content (AvgIpc) is 2.87. The minimum atomic E-state index is 0.758. The lowest BCUT2D eigenvalue weighted by atomic mass is 10.1. The van der Waals surface area contributed by atoms with Crippen LogP contribution in [0.15, 0.2) is 54.7 Å². The van der Waals surface area contributed by atoms with Gasteiger partial charge in [-0.3, -0.25) is 0 Å². The van der Waals surface area contributed by atoms with Crippen LogP contribution in [0.5, 0.6) is 0 Å². The Hall–Kier alpha value is -1.93. The topological polar surface area (TPSA) is 27.8 Å². The van der Waals surface area contributed by atoms with E-state index >= 15 is 0 Å². The lowest BCUT2D eigenvalue weighted by Crippen LogP contribution is -1.99. The quantitative estimate of drug-likeness (QED) is 0.713. The summed E-state index contributed by atoms with van der Waals surface area (Å²) in [4.78, 5) is 3.22. The van der Waals surface area contributed by atoms with Crippen molar-refractivity contribution in [1.29, 1.82) is 0 Å². The van der Waals surface area contributed by atoms with Crippen LogP contribution < -0.4 is 5.32 Å². The first-order valence-electron chi connectivity index (χ1n) is 5.87. The molecule has 0 saturated carbocycles. The predicted molar refractivity (Wildman–Crippen MR) is 77.1 cm³/mol. The van der Waals surface area contributed by atoms with Crippen molar-refractivity contribution in [3.8, 4) is 0 Å². The molecule has 0 radical (unpaired) electrons. The van der Waals surface area contributed by atoms with Gasteiger partial charge in [0.1, 0.15) is 0 Å². The third kappa shape index (κ3) is 2.20. The van der Waals surface area contributed by atoms with Gasteiger partial charge in [-0.2, -0.15) is 0 Å². The van der Waals surface area contributed by atoms with E-state index < -0.39 is 0 Å². The summed E-state index contributed by atoms with van der Waals surface area (Å²) in [6, 6.07) is 16.1. The van der Waals surface area contributed by atoms with Crippen LogP contribution in [0.2, 0.25) is 5.02 Å². The van der Waals surface area contributed by atoms with Crippen LogP contribution in [0.4, 0.5) is 5.69 Å². The van der Waals surface area contributed by atoms with E-state index in [0.717, 1.165) is 17.3 Å². The molecule has 2 N–H and O–H groups in total. The van der Waals surface area contributed by atoms with E-state index in [1.807, 2.05) is 30.5 Å². The second-order valence-electron chi connectivity index (χ2n) is 4.22. The molecule has 0 saturated heterocycles. The van der Waals surface area contributed by atoms with Crippen molar-refractivity contribution in [3.63, 3.8) is 0 Å². The van der Waals surface area contributed by atoms with Gasteiger partial charge in [0.2, 0.25) is 0 Å². The molecule has 1 heterocycles. The smallest absolute Gasteiger partial charge is 0.0457 e. The van der Waals surface area contributed by atoms with Gasteiger partial charge in [-0.15, -0.1) is 0 Å². The number of H-pyrrole nitrogens is 1. The van der Waals surface area contributed by atoms with Crippen LogP contribution in [0.3, 0.4) is 0 Å². The standard InChI is InChI=1S/C15H13ClN2/c16-12-4-6-13(7-5-12)18-10-11-2-1-3-15-14(11)8-9-17-15/h1-9,17-18H,10H2. The molecule has 0 amide bonds. The largest absolute Gasteiger partial charge is 0.381 e. The Labute approximate surface area is 111 Å². The predicted octanol–water partition coefficient (Wildman–Crippen LogP) is 4.43. The van der Waals surface area contributed by atoms with Crippen molar-refractivity contribution >= 4 is 28.2 Å². The number of aromatic amines is 1. The maximum atomic E-state index is 5.86. The van der Waals surface area contributed by atoms with Crippen molar-refractivity contribution in [3.05, 3.63) is 65.3 Å². The number of halogens is 1. The summed E-state index contributed by atoms with van der Waals surface area (Å²) in [6.07, 6.45) is 1.97. The Morgan fingerprint density at radius 1 is 1.00 bits per heavy atom. The molecule has 0 unspecified atom stereocenters. The zero-order chi connectivity index (χ0) is 12.4. The number of aromatic nitrogens is 1. The zero-order valence-corrected chi connectivity index (χ0v) is 10.5. The van der Waals surface area contributed by atoms with Crippen molar-refractivity contribution in [2.75, 3.05) is 5.32 Å². The van der Waals surface area contributed by atoms with Crippen LogP contribution in [0.1, 0.15) is 5.56 Å². The third-order valence-electron chi connectivity index (χ3n) is 3.01. The van der Waals surface area contributed by atoms with Gasteiger partial charge in [0.15, 0.2) is 0 Å². The molecule has 0 aliphatic carbocycles. The average molecular weight is 257 g/mol. The highest BCUT2D eigenvalue weighted by Gasteiger charge is 2.01. The Bertz CT molecular complexity index is 656. The van der Waals surface area contributed by atoms with Crippen molar-refractivity contribution < 1.29 is 0 Å². The molecule has 0 bridgehead atoms. The molecule has 18 heavy (non-hydrogen) atoms. The third-order valence-corrected chi connectivity index (χ3v) is 3.26. The fraction of sp³-hybridized carbons (Fsp3) is 0.0667. The number of anilines is 1. The van der Waals surface area contributed by atoms with Gasteiger partial charge in [-0.1, -0.05) is 23.7 Å². The van der Waals surface area contributed by atoms with Crippen LogP contribution in [-0.4, -0.2) is 4.98 Å². The number of hydrogen-bond acceptors (Lipinski definition) is 1. The SMILES string of the molecule is Clc1ccc(NCc2cccc3[nH]ccc23)cc1. The number of fused-ring (bicyclic) bond motifs is 1. The lowest BCUT2D eigenvalue weighted by molar-refractivity contribution is 1.17. The van der Waals surface area contributed by atoms with Crippen LogP contribution >= 0.6 is 11.6 Å². The molecule has 0 spiro atoms. The maximum absolute atomic E-state index is 5.86. The Morgan fingerprint density at radius 2 is 1.83 bits per heavy atom. The van der Waals surface area contributed by atoms with Gasteiger partial charge in [0, 0.05) is 34.4 Å². The summed E-state index contributed by atoms with van der Waals surface area (Å²) < 4.78 is 0. The van der Waals surface area contributed by atoms with Gasteiger partial charge in [-0.05, 0) is 42.0 Å². The molecule has 0 aliphatic rings. The van der Waals surface area contributed by atoms with E-state index in [1.54, 1.807) is 0 Å². The van der Waals surface area contributed by atoms with Gasteiger partial charge in [0.05, 0.1) is 0 Å². The molecule has 0 atom stereocenters. The summed E-state index contributed by atoms with van der Waals surface area (Å²) in [6.45, 7) is 0.802. The lowest BCUT2D eigenvalue weighted by Gasteiger charge is -2.07. The van der Waals surface area contributed by atoms with Gasteiger partial charge >= 0.3 is 0 Å². The van der Waals surface area contributed by atoms with E-state index in [1.165, 1.54) is 16.5 Å². The van der Waals surface area contributed by atoms with Gasteiger partial charge in [0.25, 0.3) is 0 Å². The number of rotatable bonds is 3. The molecular weight excluding hydrogens is 244 g/mol. The minimum Gasteiger partial charge on any atom is -0.381 e. The maximum Gasteiger partial charge on any atom is 0.0457 e. The minimum absolute atomic E-state index is 0.758. The van der Waals surface area contributed by atoms with Crippen molar-refractivity contribution in [2.24, 2.45) is 0 Å². The van der Waals surface area contributed by atoms with E-state index in [0.29, 0.717) is 0 Å². The van der Waals surface area contributed by atoms with E-state index in [2.05, 4.69) is 34.6 Å². The van der Waals surface area contributed by atoms with Crippen LogP contribution in [0.25, 0.3) is 10.9 Å². The normalized spacial score (nSPS) is 10.7. The summed E-state index contributed by atoms with van der Waals surface area (Å²) in [5.74, 6) is 0. The number of benzene rings is 2. The molecule has 3 rings (SSSR count). The Morgan fingerprint density at radius 3 is 2.67 bits per heavy atom. The number of nitrogens with one attached hydrogen (secondary N) is 2. The summed E-state index contributed by atoms with van der Waals surface area (Å²) in [7, 11) is 0. The van der Waals surface area contributed by atoms with Crippen LogP contribution in [0, 0.1) is 0 Å². The molecule has 0 fully saturated rings. The molecule has 1 aromatic heterocycles. The Balaban J connectivity index is 1.80. The first-order chi connectivity index (χ1) is 8.83. The van der Waals surface area contributed by atoms with Gasteiger partial charge in [-0.25, -0.2) is 0 Å². The van der Waals surface area contributed by atoms with E-state index in [4.69, 9.17) is 11.6 Å². The van der Waals surface area contributed by atoms with Crippen molar-refractivity contribution in [1.82, 2.24) is 4.98 Å². The first-order valence-corrected chi connectivity index (χ1v) is 6.25. The highest BCUT2D eigenvalue weighted by atomic mass is 35.5. The van der Waals surface area contributed by atoms with Gasteiger partial charge < -0.3 is 10.3 Å². The molecule has 3 aromatic rings. The highest BCUT2D eigenvalue weighted by molar-refractivity contribution is 6.30. The fourth-order valence-corrected chi connectivity index (χ4v) is 2.20. The monoisotopic (exact) mass is 256 g/mol. The number of hydrogen-bond donors (Lipinski definition) is 2. The summed E-state index contributed by atoms with van der Waals surface area (Å²) in [5.41, 5.74) is 3.53. The van der Waals surface area contributed by atoms with Crippen molar-refractivity contribution in [2.45, 2.75) is 6.54 Å². The first kappa shape index (κ1) is 11.2. The molecule has 3 heteroatoms. The second-order valence-corrected chi connectivity index (χ2v) is 4.65. The Kier molecular flexibility index (Phi) is 2.95. The van der Waals surface area contributed by atoms with E-state index in [9.17, 15) is 0 Å². The van der Waals surface area contributed by atoms with Crippen LogP contribution in [-0.2, 0) is 6.54 Å². The molecular formula is C15H13ClN2. The molecule has 90 valence electrons. The summed E-state index contributed by atoms with van der Waals surface area (Å²) in [5, 5.41) is 5.42. The molecule has 0 aliphatic heterocycles.